The molecule has 1 aromatic carbocycles. The molecule has 0 saturated heterocycles. The van der Waals surface area contributed by atoms with Gasteiger partial charge in [-0.15, -0.1) is 0 Å². The van der Waals surface area contributed by atoms with Crippen LogP contribution in [0.1, 0.15) is 30.6 Å². The molecule has 0 spiro atoms. The average Bonchev–Trinajstić information content (AvgIpc) is 2.76. The van der Waals surface area contributed by atoms with Gasteiger partial charge >= 0.3 is 0 Å². The zero-order valence-electron chi connectivity index (χ0n) is 10.7. The molecule has 96 valence electrons. The third kappa shape index (κ3) is 3.12. The van der Waals surface area contributed by atoms with Gasteiger partial charge in [0.15, 0.2) is 0 Å². The predicted molar refractivity (Wildman–Crippen MR) is 74.8 cm³/mol. The van der Waals surface area contributed by atoms with E-state index >= 15 is 0 Å². The number of hydrogen-bond acceptors (Lipinski definition) is 2. The Labute approximate surface area is 113 Å². The number of nitrogens with one attached hydrogen (secondary N) is 1. The second kappa shape index (κ2) is 6.03. The molecule has 1 unspecified atom stereocenters. The van der Waals surface area contributed by atoms with Crippen molar-refractivity contribution in [3.63, 3.8) is 0 Å². The van der Waals surface area contributed by atoms with Gasteiger partial charge in [0.05, 0.1) is 11.7 Å². The van der Waals surface area contributed by atoms with Gasteiger partial charge in [0.25, 0.3) is 0 Å². The number of hydrogen-bond donors (Lipinski definition) is 1. The molecule has 1 atom stereocenters. The molecule has 3 nitrogen and oxygen atoms in total. The molecule has 0 amide bonds. The Morgan fingerprint density at radius 1 is 1.39 bits per heavy atom. The van der Waals surface area contributed by atoms with E-state index in [1.165, 1.54) is 0 Å². The predicted octanol–water partition coefficient (Wildman–Crippen LogP) is 3.16. The minimum absolute atomic E-state index is 0.102. The van der Waals surface area contributed by atoms with Gasteiger partial charge in [0.1, 0.15) is 0 Å². The standard InChI is InChI=1S/C14H18ClN3/c1-3-8-16-14(13-7-9-18(2)17-13)11-5-4-6-12(15)10-11/h4-7,9-10,14,16H,3,8H2,1-2H3. The number of benzene rings is 1. The minimum Gasteiger partial charge on any atom is -0.305 e. The van der Waals surface area contributed by atoms with Crippen LogP contribution in [0, 0.1) is 0 Å². The van der Waals surface area contributed by atoms with Gasteiger partial charge in [0.2, 0.25) is 0 Å². The first-order valence-corrected chi connectivity index (χ1v) is 6.57. The van der Waals surface area contributed by atoms with Gasteiger partial charge in [0, 0.05) is 18.3 Å². The Balaban J connectivity index is 2.30. The lowest BCUT2D eigenvalue weighted by Crippen LogP contribution is -2.23. The van der Waals surface area contributed by atoms with Crippen LogP contribution in [0.3, 0.4) is 0 Å². The van der Waals surface area contributed by atoms with Crippen LogP contribution in [0.15, 0.2) is 36.5 Å². The van der Waals surface area contributed by atoms with E-state index in [0.717, 1.165) is 29.2 Å². The number of halogens is 1. The zero-order chi connectivity index (χ0) is 13.0. The van der Waals surface area contributed by atoms with Crippen LogP contribution < -0.4 is 5.32 Å². The highest BCUT2D eigenvalue weighted by Gasteiger charge is 2.15. The fourth-order valence-corrected chi connectivity index (χ4v) is 2.15. The molecule has 1 heterocycles. The monoisotopic (exact) mass is 263 g/mol. The van der Waals surface area contributed by atoms with Crippen molar-refractivity contribution in [3.8, 4) is 0 Å². The minimum atomic E-state index is 0.102. The molecule has 4 heteroatoms. The fraction of sp³-hybridized carbons (Fsp3) is 0.357. The zero-order valence-corrected chi connectivity index (χ0v) is 11.5. The summed E-state index contributed by atoms with van der Waals surface area (Å²) in [5, 5.41) is 8.75. The molecule has 0 radical (unpaired) electrons. The molecular weight excluding hydrogens is 246 g/mol. The van der Waals surface area contributed by atoms with Crippen molar-refractivity contribution in [1.29, 1.82) is 0 Å². The van der Waals surface area contributed by atoms with Crippen molar-refractivity contribution in [1.82, 2.24) is 15.1 Å². The molecule has 0 aliphatic rings. The summed E-state index contributed by atoms with van der Waals surface area (Å²) in [6.45, 7) is 3.11. The summed E-state index contributed by atoms with van der Waals surface area (Å²) in [6, 6.07) is 10.1. The Morgan fingerprint density at radius 2 is 2.22 bits per heavy atom. The Hall–Kier alpha value is -1.32. The molecule has 18 heavy (non-hydrogen) atoms. The molecule has 0 fully saturated rings. The van der Waals surface area contributed by atoms with Crippen LogP contribution in [0.5, 0.6) is 0 Å². The molecule has 2 rings (SSSR count). The first-order chi connectivity index (χ1) is 8.70. The lowest BCUT2D eigenvalue weighted by atomic mass is 10.0. The smallest absolute Gasteiger partial charge is 0.0839 e. The van der Waals surface area contributed by atoms with Crippen LogP contribution in [0.2, 0.25) is 5.02 Å². The van der Waals surface area contributed by atoms with E-state index in [0.29, 0.717) is 0 Å². The molecule has 1 N–H and O–H groups in total. The summed E-state index contributed by atoms with van der Waals surface area (Å²) in [5.74, 6) is 0. The molecule has 1 aromatic heterocycles. The third-order valence-electron chi connectivity index (χ3n) is 2.81. The van der Waals surface area contributed by atoms with E-state index < -0.39 is 0 Å². The van der Waals surface area contributed by atoms with Crippen molar-refractivity contribution in [2.45, 2.75) is 19.4 Å². The van der Waals surface area contributed by atoms with E-state index in [2.05, 4.69) is 23.4 Å². The van der Waals surface area contributed by atoms with Crippen LogP contribution in [0.4, 0.5) is 0 Å². The molecule has 0 aliphatic carbocycles. The Kier molecular flexibility index (Phi) is 4.39. The Morgan fingerprint density at radius 3 is 2.83 bits per heavy atom. The fourth-order valence-electron chi connectivity index (χ4n) is 1.96. The van der Waals surface area contributed by atoms with Crippen molar-refractivity contribution < 1.29 is 0 Å². The van der Waals surface area contributed by atoms with Crippen molar-refractivity contribution in [2.24, 2.45) is 7.05 Å². The van der Waals surface area contributed by atoms with Gasteiger partial charge in [-0.3, -0.25) is 4.68 Å². The van der Waals surface area contributed by atoms with Gasteiger partial charge in [-0.1, -0.05) is 30.7 Å². The first-order valence-electron chi connectivity index (χ1n) is 6.19. The number of rotatable bonds is 5. The Bertz CT molecular complexity index is 507. The van der Waals surface area contributed by atoms with Gasteiger partial charge < -0.3 is 5.32 Å². The van der Waals surface area contributed by atoms with E-state index in [4.69, 9.17) is 11.6 Å². The van der Waals surface area contributed by atoms with Crippen molar-refractivity contribution >= 4 is 11.6 Å². The van der Waals surface area contributed by atoms with Crippen molar-refractivity contribution in [2.75, 3.05) is 6.54 Å². The third-order valence-corrected chi connectivity index (χ3v) is 3.05. The average molecular weight is 264 g/mol. The summed E-state index contributed by atoms with van der Waals surface area (Å²) in [5.41, 5.74) is 2.17. The largest absolute Gasteiger partial charge is 0.305 e. The SMILES string of the molecule is CCCNC(c1cccc(Cl)c1)c1ccn(C)n1. The van der Waals surface area contributed by atoms with Crippen LogP contribution in [-0.2, 0) is 7.05 Å². The van der Waals surface area contributed by atoms with Gasteiger partial charge in [-0.05, 0) is 36.7 Å². The van der Waals surface area contributed by atoms with Crippen molar-refractivity contribution in [3.05, 3.63) is 52.8 Å². The highest BCUT2D eigenvalue weighted by molar-refractivity contribution is 6.30. The topological polar surface area (TPSA) is 29.9 Å². The van der Waals surface area contributed by atoms with E-state index in [1.54, 1.807) is 0 Å². The maximum Gasteiger partial charge on any atom is 0.0839 e. The molecule has 0 aliphatic heterocycles. The molecule has 0 bridgehead atoms. The van der Waals surface area contributed by atoms with Crippen LogP contribution in [-0.4, -0.2) is 16.3 Å². The summed E-state index contributed by atoms with van der Waals surface area (Å²) in [6.07, 6.45) is 3.05. The maximum absolute atomic E-state index is 6.06. The summed E-state index contributed by atoms with van der Waals surface area (Å²) in [4.78, 5) is 0. The number of nitrogens with zero attached hydrogens (tertiary/aromatic N) is 2. The highest BCUT2D eigenvalue weighted by Crippen LogP contribution is 2.23. The van der Waals surface area contributed by atoms with E-state index in [9.17, 15) is 0 Å². The summed E-state index contributed by atoms with van der Waals surface area (Å²) in [7, 11) is 1.93. The lowest BCUT2D eigenvalue weighted by Gasteiger charge is -2.17. The van der Waals surface area contributed by atoms with Crippen LogP contribution in [0.25, 0.3) is 0 Å². The highest BCUT2D eigenvalue weighted by atomic mass is 35.5. The normalized spacial score (nSPS) is 12.6. The summed E-state index contributed by atoms with van der Waals surface area (Å²) >= 11 is 6.06. The molecule has 0 saturated carbocycles. The van der Waals surface area contributed by atoms with Crippen LogP contribution >= 0.6 is 11.6 Å². The van der Waals surface area contributed by atoms with Gasteiger partial charge in [-0.25, -0.2) is 0 Å². The van der Waals surface area contributed by atoms with Gasteiger partial charge in [-0.2, -0.15) is 5.10 Å². The van der Waals surface area contributed by atoms with E-state index in [-0.39, 0.29) is 6.04 Å². The molecule has 2 aromatic rings. The number of aromatic nitrogens is 2. The maximum atomic E-state index is 6.06. The second-order valence-electron chi connectivity index (χ2n) is 4.36. The lowest BCUT2D eigenvalue weighted by molar-refractivity contribution is 0.575. The first kappa shape index (κ1) is 13.1. The van der Waals surface area contributed by atoms with E-state index in [1.807, 2.05) is 42.2 Å². The number of aryl methyl sites for hydroxylation is 1. The quantitative estimate of drug-likeness (QED) is 0.898. The summed E-state index contributed by atoms with van der Waals surface area (Å²) < 4.78 is 1.82. The second-order valence-corrected chi connectivity index (χ2v) is 4.79. The molecular formula is C14H18ClN3.